The summed E-state index contributed by atoms with van der Waals surface area (Å²) in [4.78, 5) is 14.5. The number of nitrogens with one attached hydrogen (secondary N) is 1. The Labute approximate surface area is 118 Å². The van der Waals surface area contributed by atoms with Crippen LogP contribution >= 0.6 is 11.8 Å². The molecular formula is C14H19N2O2S. The maximum atomic E-state index is 11.1. The molecule has 103 valence electrons. The molecule has 0 aliphatic carbocycles. The van der Waals surface area contributed by atoms with Gasteiger partial charge in [0.2, 0.25) is 0 Å². The fourth-order valence-electron chi connectivity index (χ4n) is 1.90. The first-order valence-corrected chi connectivity index (χ1v) is 7.38. The summed E-state index contributed by atoms with van der Waals surface area (Å²) in [5, 5.41) is 3.08. The molecular weight excluding hydrogens is 260 g/mol. The Balaban J connectivity index is 1.69. The fourth-order valence-corrected chi connectivity index (χ4v) is 2.75. The van der Waals surface area contributed by atoms with Gasteiger partial charge in [0.15, 0.2) is 0 Å². The molecule has 1 aromatic rings. The van der Waals surface area contributed by atoms with Gasteiger partial charge in [0.25, 0.3) is 0 Å². The topological polar surface area (TPSA) is 41.6 Å². The summed E-state index contributed by atoms with van der Waals surface area (Å²) in [5.41, 5.74) is 0. The average Bonchev–Trinajstić information content (AvgIpc) is 2.48. The molecule has 1 unspecified atom stereocenters. The van der Waals surface area contributed by atoms with Crippen LogP contribution in [0.25, 0.3) is 0 Å². The van der Waals surface area contributed by atoms with E-state index in [1.54, 1.807) is 0 Å². The SMILES string of the molecule is O=CC(NCCN1CCOCC1)Sc1cc[c]cc1. The number of ether oxygens (including phenoxy) is 1. The van der Waals surface area contributed by atoms with E-state index in [9.17, 15) is 4.79 Å². The number of hydrogen-bond donors (Lipinski definition) is 1. The van der Waals surface area contributed by atoms with E-state index in [2.05, 4.69) is 16.3 Å². The number of rotatable bonds is 7. The number of hydrogen-bond acceptors (Lipinski definition) is 5. The van der Waals surface area contributed by atoms with Crippen LogP contribution in [0.2, 0.25) is 0 Å². The van der Waals surface area contributed by atoms with Gasteiger partial charge in [-0.1, -0.05) is 23.9 Å². The highest BCUT2D eigenvalue weighted by Crippen LogP contribution is 2.19. The average molecular weight is 279 g/mol. The van der Waals surface area contributed by atoms with Crippen LogP contribution in [0, 0.1) is 6.07 Å². The number of nitrogens with zero attached hydrogens (tertiary/aromatic N) is 1. The minimum absolute atomic E-state index is 0.191. The second-order valence-corrected chi connectivity index (χ2v) is 5.53. The molecule has 1 N–H and O–H groups in total. The first-order valence-electron chi connectivity index (χ1n) is 6.50. The van der Waals surface area contributed by atoms with Gasteiger partial charge in [-0.25, -0.2) is 0 Å². The van der Waals surface area contributed by atoms with Crippen LogP contribution in [0.4, 0.5) is 0 Å². The van der Waals surface area contributed by atoms with Crippen LogP contribution in [0.3, 0.4) is 0 Å². The Bertz CT molecular complexity index is 369. The predicted octanol–water partition coefficient (Wildman–Crippen LogP) is 1.03. The van der Waals surface area contributed by atoms with Crippen molar-refractivity contribution in [2.45, 2.75) is 10.3 Å². The molecule has 1 aliphatic rings. The van der Waals surface area contributed by atoms with Gasteiger partial charge in [-0.15, -0.1) is 0 Å². The Morgan fingerprint density at radius 2 is 2.16 bits per heavy atom. The van der Waals surface area contributed by atoms with Crippen LogP contribution in [0.1, 0.15) is 0 Å². The van der Waals surface area contributed by atoms with Crippen molar-refractivity contribution in [3.63, 3.8) is 0 Å². The van der Waals surface area contributed by atoms with E-state index in [-0.39, 0.29) is 5.37 Å². The van der Waals surface area contributed by atoms with Gasteiger partial charge in [-0.2, -0.15) is 0 Å². The standard InChI is InChI=1S/C14H19N2O2S/c17-12-14(19-13-4-2-1-3-5-13)15-6-7-16-8-10-18-11-9-16/h2-5,12,14-15H,6-11H2. The van der Waals surface area contributed by atoms with Crippen molar-refractivity contribution < 1.29 is 9.53 Å². The lowest BCUT2D eigenvalue weighted by atomic mass is 10.4. The molecule has 4 nitrogen and oxygen atoms in total. The monoisotopic (exact) mass is 279 g/mol. The number of thioether (sulfide) groups is 1. The van der Waals surface area contributed by atoms with Crippen molar-refractivity contribution in [1.29, 1.82) is 0 Å². The largest absolute Gasteiger partial charge is 0.379 e. The molecule has 0 spiro atoms. The van der Waals surface area contributed by atoms with E-state index < -0.39 is 0 Å². The van der Waals surface area contributed by atoms with Crippen LogP contribution in [0.5, 0.6) is 0 Å². The van der Waals surface area contributed by atoms with Gasteiger partial charge < -0.3 is 9.53 Å². The van der Waals surface area contributed by atoms with Crippen LogP contribution in [-0.4, -0.2) is 56.0 Å². The first-order chi connectivity index (χ1) is 9.38. The number of benzene rings is 1. The van der Waals surface area contributed by atoms with Crippen LogP contribution in [-0.2, 0) is 9.53 Å². The highest BCUT2D eigenvalue weighted by molar-refractivity contribution is 8.00. The summed E-state index contributed by atoms with van der Waals surface area (Å²) in [7, 11) is 0. The van der Waals surface area contributed by atoms with Gasteiger partial charge in [0, 0.05) is 31.1 Å². The fraction of sp³-hybridized carbons (Fsp3) is 0.500. The Kier molecular flexibility index (Phi) is 6.36. The minimum atomic E-state index is -0.191. The van der Waals surface area contributed by atoms with Gasteiger partial charge in [-0.05, 0) is 18.2 Å². The molecule has 5 heteroatoms. The number of aldehydes is 1. The lowest BCUT2D eigenvalue weighted by Crippen LogP contribution is -2.42. The second-order valence-electron chi connectivity index (χ2n) is 4.32. The van der Waals surface area contributed by atoms with Crippen molar-refractivity contribution in [2.24, 2.45) is 0 Å². The molecule has 1 radical (unpaired) electrons. The van der Waals surface area contributed by atoms with E-state index in [0.717, 1.165) is 50.6 Å². The van der Waals surface area contributed by atoms with Gasteiger partial charge >= 0.3 is 0 Å². The lowest BCUT2D eigenvalue weighted by molar-refractivity contribution is -0.107. The zero-order valence-electron chi connectivity index (χ0n) is 10.9. The summed E-state index contributed by atoms with van der Waals surface area (Å²) in [6.07, 6.45) is 0.959. The zero-order chi connectivity index (χ0) is 13.3. The molecule has 0 amide bonds. The molecule has 1 fully saturated rings. The van der Waals surface area contributed by atoms with Gasteiger partial charge in [0.05, 0.1) is 13.2 Å². The quantitative estimate of drug-likeness (QED) is 0.459. The van der Waals surface area contributed by atoms with E-state index >= 15 is 0 Å². The summed E-state index contributed by atoms with van der Waals surface area (Å²) in [5.74, 6) is 0. The minimum Gasteiger partial charge on any atom is -0.379 e. The maximum absolute atomic E-state index is 11.1. The maximum Gasteiger partial charge on any atom is 0.147 e. The summed E-state index contributed by atoms with van der Waals surface area (Å²) in [6, 6.07) is 10.6. The highest BCUT2D eigenvalue weighted by Gasteiger charge is 2.12. The predicted molar refractivity (Wildman–Crippen MR) is 76.2 cm³/mol. The zero-order valence-corrected chi connectivity index (χ0v) is 11.7. The second kappa shape index (κ2) is 8.32. The van der Waals surface area contributed by atoms with E-state index in [4.69, 9.17) is 4.74 Å². The van der Waals surface area contributed by atoms with Crippen molar-refractivity contribution >= 4 is 18.0 Å². The molecule has 1 aliphatic heterocycles. The van der Waals surface area contributed by atoms with Crippen molar-refractivity contribution in [3.05, 3.63) is 30.3 Å². The Morgan fingerprint density at radius 3 is 2.84 bits per heavy atom. The molecule has 1 aromatic carbocycles. The van der Waals surface area contributed by atoms with Gasteiger partial charge in [0.1, 0.15) is 11.7 Å². The van der Waals surface area contributed by atoms with Crippen LogP contribution < -0.4 is 5.32 Å². The van der Waals surface area contributed by atoms with Crippen molar-refractivity contribution in [3.8, 4) is 0 Å². The Morgan fingerprint density at radius 1 is 1.42 bits per heavy atom. The van der Waals surface area contributed by atoms with Crippen molar-refractivity contribution in [2.75, 3.05) is 39.4 Å². The van der Waals surface area contributed by atoms with Crippen molar-refractivity contribution in [1.82, 2.24) is 10.2 Å². The van der Waals surface area contributed by atoms with E-state index in [0.29, 0.717) is 0 Å². The normalized spacial score (nSPS) is 18.1. The third kappa shape index (κ3) is 5.32. The molecule has 19 heavy (non-hydrogen) atoms. The van der Waals surface area contributed by atoms with E-state index in [1.807, 2.05) is 24.3 Å². The number of carbonyl (C=O) groups excluding carboxylic acids is 1. The summed E-state index contributed by atoms with van der Waals surface area (Å²) >= 11 is 1.53. The smallest absolute Gasteiger partial charge is 0.147 e. The Hall–Kier alpha value is -0.880. The molecule has 2 rings (SSSR count). The number of morpholine rings is 1. The summed E-state index contributed by atoms with van der Waals surface area (Å²) < 4.78 is 5.30. The molecule has 0 aromatic heterocycles. The first kappa shape index (κ1) is 14.5. The van der Waals surface area contributed by atoms with E-state index in [1.165, 1.54) is 11.8 Å². The van der Waals surface area contributed by atoms with Crippen LogP contribution in [0.15, 0.2) is 29.2 Å². The number of carbonyl (C=O) groups is 1. The lowest BCUT2D eigenvalue weighted by Gasteiger charge is -2.27. The molecule has 1 saturated heterocycles. The molecule has 1 heterocycles. The third-order valence-electron chi connectivity index (χ3n) is 2.95. The molecule has 1 atom stereocenters. The third-order valence-corrected chi connectivity index (χ3v) is 4.03. The summed E-state index contributed by atoms with van der Waals surface area (Å²) in [6.45, 7) is 5.36. The molecule has 0 saturated carbocycles. The molecule has 0 bridgehead atoms. The van der Waals surface area contributed by atoms with Gasteiger partial charge in [-0.3, -0.25) is 10.2 Å². The highest BCUT2D eigenvalue weighted by atomic mass is 32.2.